The number of anilines is 1. The molecule has 0 unspecified atom stereocenters. The van der Waals surface area contributed by atoms with Crippen molar-refractivity contribution in [3.8, 4) is 0 Å². The van der Waals surface area contributed by atoms with Crippen LogP contribution in [0.1, 0.15) is 10.4 Å². The van der Waals surface area contributed by atoms with Crippen molar-refractivity contribution in [1.29, 1.82) is 0 Å². The van der Waals surface area contributed by atoms with E-state index >= 15 is 0 Å². The van der Waals surface area contributed by atoms with Gasteiger partial charge in [-0.15, -0.1) is 23.1 Å². The standard InChI is InChI=1S/C11H12N2S2/c1-8-4-9(2-3-11(8)12)14-6-10-5-13-7-15-10/h2-5,7H,6,12H2,1H3. The quantitative estimate of drug-likeness (QED) is 0.656. The highest BCUT2D eigenvalue weighted by atomic mass is 32.2. The Labute approximate surface area is 97.5 Å². The maximum Gasteiger partial charge on any atom is 0.0794 e. The molecule has 0 spiro atoms. The number of nitrogens with two attached hydrogens (primary N) is 1. The van der Waals surface area contributed by atoms with Crippen molar-refractivity contribution in [2.75, 3.05) is 5.73 Å². The Morgan fingerprint density at radius 2 is 2.33 bits per heavy atom. The number of nitrogen functional groups attached to an aromatic ring is 1. The monoisotopic (exact) mass is 236 g/mol. The number of nitrogens with zero attached hydrogens (tertiary/aromatic N) is 1. The number of aryl methyl sites for hydroxylation is 1. The number of hydrogen-bond acceptors (Lipinski definition) is 4. The maximum absolute atomic E-state index is 5.76. The van der Waals surface area contributed by atoms with Gasteiger partial charge in [-0.1, -0.05) is 0 Å². The molecule has 0 amide bonds. The fraction of sp³-hybridized carbons (Fsp3) is 0.182. The van der Waals surface area contributed by atoms with Gasteiger partial charge in [0.1, 0.15) is 0 Å². The fourth-order valence-electron chi connectivity index (χ4n) is 1.21. The zero-order valence-corrected chi connectivity index (χ0v) is 10.1. The zero-order valence-electron chi connectivity index (χ0n) is 8.43. The molecule has 0 radical (unpaired) electrons. The summed E-state index contributed by atoms with van der Waals surface area (Å²) in [6.07, 6.45) is 1.92. The van der Waals surface area contributed by atoms with Gasteiger partial charge in [0.2, 0.25) is 0 Å². The highest BCUT2D eigenvalue weighted by Gasteiger charge is 1.99. The maximum atomic E-state index is 5.76. The number of hydrogen-bond donors (Lipinski definition) is 1. The van der Waals surface area contributed by atoms with Gasteiger partial charge in [-0.05, 0) is 30.7 Å². The van der Waals surface area contributed by atoms with Crippen LogP contribution in [0.4, 0.5) is 5.69 Å². The fourth-order valence-corrected chi connectivity index (χ4v) is 2.84. The van der Waals surface area contributed by atoms with Gasteiger partial charge in [0.25, 0.3) is 0 Å². The first-order valence-electron chi connectivity index (χ1n) is 4.62. The Morgan fingerprint density at radius 3 is 3.00 bits per heavy atom. The molecule has 0 aliphatic carbocycles. The summed E-state index contributed by atoms with van der Waals surface area (Å²) in [5.74, 6) is 0.980. The number of thiazole rings is 1. The van der Waals surface area contributed by atoms with Crippen molar-refractivity contribution < 1.29 is 0 Å². The molecular weight excluding hydrogens is 224 g/mol. The average Bonchev–Trinajstić information content (AvgIpc) is 2.73. The lowest BCUT2D eigenvalue weighted by molar-refractivity contribution is 1.34. The SMILES string of the molecule is Cc1cc(SCc2cncs2)ccc1N. The molecule has 0 atom stereocenters. The molecule has 0 saturated heterocycles. The van der Waals surface area contributed by atoms with Gasteiger partial charge in [-0.25, -0.2) is 0 Å². The largest absolute Gasteiger partial charge is 0.399 e. The zero-order chi connectivity index (χ0) is 10.7. The van der Waals surface area contributed by atoms with Crippen LogP contribution in [-0.4, -0.2) is 4.98 Å². The molecule has 1 aromatic heterocycles. The Hall–Kier alpha value is -1.00. The summed E-state index contributed by atoms with van der Waals surface area (Å²) in [5, 5.41) is 0. The first-order chi connectivity index (χ1) is 7.25. The molecule has 1 heterocycles. The van der Waals surface area contributed by atoms with E-state index in [1.54, 1.807) is 11.3 Å². The summed E-state index contributed by atoms with van der Waals surface area (Å²) < 4.78 is 0. The third-order valence-electron chi connectivity index (χ3n) is 2.11. The van der Waals surface area contributed by atoms with E-state index in [4.69, 9.17) is 5.73 Å². The van der Waals surface area contributed by atoms with Crippen LogP contribution in [-0.2, 0) is 5.75 Å². The highest BCUT2D eigenvalue weighted by Crippen LogP contribution is 2.26. The van der Waals surface area contributed by atoms with E-state index in [1.807, 2.05) is 36.5 Å². The molecule has 0 aliphatic rings. The Morgan fingerprint density at radius 1 is 1.47 bits per heavy atom. The van der Waals surface area contributed by atoms with E-state index in [0.717, 1.165) is 17.0 Å². The van der Waals surface area contributed by atoms with Gasteiger partial charge in [0.15, 0.2) is 0 Å². The second-order valence-corrected chi connectivity index (χ2v) is 5.29. The molecule has 0 aliphatic heterocycles. The molecule has 2 rings (SSSR count). The van der Waals surface area contributed by atoms with Gasteiger partial charge >= 0.3 is 0 Å². The Bertz CT molecular complexity index is 438. The summed E-state index contributed by atoms with van der Waals surface area (Å²) in [7, 11) is 0. The second-order valence-electron chi connectivity index (χ2n) is 3.27. The van der Waals surface area contributed by atoms with E-state index in [9.17, 15) is 0 Å². The molecule has 0 bridgehead atoms. The lowest BCUT2D eigenvalue weighted by Crippen LogP contribution is -1.88. The van der Waals surface area contributed by atoms with Crippen molar-refractivity contribution in [1.82, 2.24) is 4.98 Å². The van der Waals surface area contributed by atoms with Gasteiger partial charge < -0.3 is 5.73 Å². The van der Waals surface area contributed by atoms with E-state index in [1.165, 1.54) is 9.77 Å². The summed E-state index contributed by atoms with van der Waals surface area (Å²) in [6, 6.07) is 6.15. The summed E-state index contributed by atoms with van der Waals surface area (Å²) in [4.78, 5) is 6.61. The minimum absolute atomic E-state index is 0.858. The molecule has 2 aromatic rings. The molecule has 15 heavy (non-hydrogen) atoms. The molecule has 0 saturated carbocycles. The van der Waals surface area contributed by atoms with Crippen LogP contribution in [0.2, 0.25) is 0 Å². The van der Waals surface area contributed by atoms with Gasteiger partial charge in [0, 0.05) is 27.4 Å². The summed E-state index contributed by atoms with van der Waals surface area (Å²) >= 11 is 3.51. The van der Waals surface area contributed by atoms with Gasteiger partial charge in [-0.3, -0.25) is 4.98 Å². The molecule has 0 fully saturated rings. The van der Waals surface area contributed by atoms with Crippen molar-refractivity contribution >= 4 is 28.8 Å². The summed E-state index contributed by atoms with van der Waals surface area (Å²) in [5.41, 5.74) is 9.63. The van der Waals surface area contributed by atoms with Crippen LogP contribution in [0.25, 0.3) is 0 Å². The van der Waals surface area contributed by atoms with Crippen LogP contribution in [0.15, 0.2) is 34.8 Å². The average molecular weight is 236 g/mol. The molecule has 2 N–H and O–H groups in total. The third-order valence-corrected chi connectivity index (χ3v) is 4.11. The second kappa shape index (κ2) is 4.68. The molecular formula is C11H12N2S2. The summed E-state index contributed by atoms with van der Waals surface area (Å²) in [6.45, 7) is 2.03. The van der Waals surface area contributed by atoms with Crippen molar-refractivity contribution in [2.24, 2.45) is 0 Å². The number of aromatic nitrogens is 1. The minimum atomic E-state index is 0.858. The van der Waals surface area contributed by atoms with Gasteiger partial charge in [-0.2, -0.15) is 0 Å². The van der Waals surface area contributed by atoms with E-state index in [0.29, 0.717) is 0 Å². The van der Waals surface area contributed by atoms with Crippen LogP contribution < -0.4 is 5.73 Å². The van der Waals surface area contributed by atoms with E-state index in [2.05, 4.69) is 17.1 Å². The van der Waals surface area contributed by atoms with Crippen LogP contribution in [0.5, 0.6) is 0 Å². The molecule has 78 valence electrons. The first kappa shape index (κ1) is 10.5. The van der Waals surface area contributed by atoms with Crippen LogP contribution in [0, 0.1) is 6.92 Å². The number of thioether (sulfide) groups is 1. The van der Waals surface area contributed by atoms with Crippen LogP contribution >= 0.6 is 23.1 Å². The molecule has 1 aromatic carbocycles. The number of benzene rings is 1. The van der Waals surface area contributed by atoms with Crippen LogP contribution in [0.3, 0.4) is 0 Å². The van der Waals surface area contributed by atoms with Gasteiger partial charge in [0.05, 0.1) is 5.51 Å². The normalized spacial score (nSPS) is 10.5. The molecule has 2 nitrogen and oxygen atoms in total. The highest BCUT2D eigenvalue weighted by molar-refractivity contribution is 7.98. The Balaban J connectivity index is 2.02. The minimum Gasteiger partial charge on any atom is -0.399 e. The molecule has 4 heteroatoms. The first-order valence-corrected chi connectivity index (χ1v) is 6.48. The predicted octanol–water partition coefficient (Wildman–Crippen LogP) is 3.33. The van der Waals surface area contributed by atoms with Crippen molar-refractivity contribution in [2.45, 2.75) is 17.6 Å². The van der Waals surface area contributed by atoms with Crippen molar-refractivity contribution in [3.63, 3.8) is 0 Å². The van der Waals surface area contributed by atoms with E-state index < -0.39 is 0 Å². The number of rotatable bonds is 3. The third kappa shape index (κ3) is 2.73. The lowest BCUT2D eigenvalue weighted by atomic mass is 10.2. The Kier molecular flexibility index (Phi) is 3.28. The topological polar surface area (TPSA) is 38.9 Å². The lowest BCUT2D eigenvalue weighted by Gasteiger charge is -2.03. The van der Waals surface area contributed by atoms with Crippen molar-refractivity contribution in [3.05, 3.63) is 40.3 Å². The smallest absolute Gasteiger partial charge is 0.0794 e. The van der Waals surface area contributed by atoms with E-state index in [-0.39, 0.29) is 0 Å². The predicted molar refractivity (Wildman–Crippen MR) is 67.3 cm³/mol.